The normalized spacial score (nSPS) is 12.5. The summed E-state index contributed by atoms with van der Waals surface area (Å²) in [6.07, 6.45) is 2.93. The fraction of sp³-hybridized carbons (Fsp3) is 0.231. The highest BCUT2D eigenvalue weighted by Gasteiger charge is 2.26. The molecular weight excluding hydrogens is 252 g/mol. The lowest BCUT2D eigenvalue weighted by molar-refractivity contribution is 0.0952. The summed E-state index contributed by atoms with van der Waals surface area (Å²) in [4.78, 5) is 12.1. The van der Waals surface area contributed by atoms with Crippen molar-refractivity contribution < 1.29 is 13.6 Å². The lowest BCUT2D eigenvalue weighted by Crippen LogP contribution is -2.23. The van der Waals surface area contributed by atoms with Crippen LogP contribution in [0.5, 0.6) is 0 Å². The van der Waals surface area contributed by atoms with Gasteiger partial charge >= 0.3 is 0 Å². The average molecular weight is 265 g/mol. The topological polar surface area (TPSA) is 60.9 Å². The van der Waals surface area contributed by atoms with Crippen LogP contribution in [0.1, 0.15) is 27.5 Å². The van der Waals surface area contributed by atoms with Crippen molar-refractivity contribution >= 4 is 5.78 Å². The van der Waals surface area contributed by atoms with Gasteiger partial charge in [0.15, 0.2) is 5.78 Å². The third-order valence-electron chi connectivity index (χ3n) is 2.90. The predicted molar refractivity (Wildman–Crippen MR) is 65.6 cm³/mol. The molecule has 2 rings (SSSR count). The maximum atomic E-state index is 13.9. The molecule has 1 atom stereocenters. The fourth-order valence-electron chi connectivity index (χ4n) is 1.79. The van der Waals surface area contributed by atoms with E-state index in [1.54, 1.807) is 7.05 Å². The monoisotopic (exact) mass is 265 g/mol. The number of hydrogen-bond donors (Lipinski definition) is 1. The summed E-state index contributed by atoms with van der Waals surface area (Å²) in [5.41, 5.74) is 5.74. The first-order chi connectivity index (χ1) is 8.91. The smallest absolute Gasteiger partial charge is 0.190 e. The number of benzene rings is 1. The number of rotatable bonds is 3. The first-order valence-corrected chi connectivity index (χ1v) is 5.64. The van der Waals surface area contributed by atoms with Crippen molar-refractivity contribution in [2.24, 2.45) is 12.8 Å². The molecule has 0 saturated carbocycles. The van der Waals surface area contributed by atoms with Gasteiger partial charge in [0, 0.05) is 18.8 Å². The zero-order chi connectivity index (χ0) is 14.2. The van der Waals surface area contributed by atoms with Crippen molar-refractivity contribution in [2.75, 3.05) is 0 Å². The van der Waals surface area contributed by atoms with Gasteiger partial charge in [-0.25, -0.2) is 8.78 Å². The Bertz CT molecular complexity index is 637. The van der Waals surface area contributed by atoms with Gasteiger partial charge in [0.25, 0.3) is 0 Å². The molecule has 1 unspecified atom stereocenters. The van der Waals surface area contributed by atoms with Gasteiger partial charge in [-0.15, -0.1) is 0 Å². The van der Waals surface area contributed by atoms with E-state index in [9.17, 15) is 13.6 Å². The zero-order valence-electron chi connectivity index (χ0n) is 10.5. The summed E-state index contributed by atoms with van der Waals surface area (Å²) in [6, 6.07) is 1.19. The van der Waals surface area contributed by atoms with Crippen molar-refractivity contribution in [2.45, 2.75) is 13.0 Å². The number of carbonyl (C=O) groups is 1. The SMILES string of the molecule is Cc1ccc(F)c(C(=O)C(N)c2cnn(C)c2)c1F. The van der Waals surface area contributed by atoms with Gasteiger partial charge in [-0.2, -0.15) is 5.10 Å². The van der Waals surface area contributed by atoms with Crippen LogP contribution in [0, 0.1) is 18.6 Å². The van der Waals surface area contributed by atoms with Crippen LogP contribution in [0.3, 0.4) is 0 Å². The standard InChI is InChI=1S/C13H13F2N3O/c1-7-3-4-9(14)10(11(7)15)13(19)12(16)8-5-17-18(2)6-8/h3-6,12H,16H2,1-2H3. The van der Waals surface area contributed by atoms with Gasteiger partial charge in [-0.3, -0.25) is 9.48 Å². The number of hydrogen-bond acceptors (Lipinski definition) is 3. The summed E-state index contributed by atoms with van der Waals surface area (Å²) in [5.74, 6) is -2.58. The van der Waals surface area contributed by atoms with Crippen molar-refractivity contribution in [1.82, 2.24) is 9.78 Å². The second kappa shape index (κ2) is 4.89. The number of Topliss-reactive ketones (excluding diaryl/α,β-unsaturated/α-hetero) is 1. The Morgan fingerprint density at radius 2 is 2.11 bits per heavy atom. The molecule has 1 aromatic carbocycles. The molecule has 2 aromatic rings. The molecule has 1 aromatic heterocycles. The number of aromatic nitrogens is 2. The van der Waals surface area contributed by atoms with E-state index in [0.717, 1.165) is 6.07 Å². The summed E-state index contributed by atoms with van der Waals surface area (Å²) >= 11 is 0. The quantitative estimate of drug-likeness (QED) is 0.862. The zero-order valence-corrected chi connectivity index (χ0v) is 10.5. The van der Waals surface area contributed by atoms with Gasteiger partial charge in [0.2, 0.25) is 0 Å². The van der Waals surface area contributed by atoms with Gasteiger partial charge in [-0.05, 0) is 18.6 Å². The second-order valence-corrected chi connectivity index (χ2v) is 4.34. The van der Waals surface area contributed by atoms with Gasteiger partial charge in [0.1, 0.15) is 11.6 Å². The molecule has 6 heteroatoms. The molecule has 4 nitrogen and oxygen atoms in total. The molecule has 0 bridgehead atoms. The third-order valence-corrected chi connectivity index (χ3v) is 2.90. The minimum absolute atomic E-state index is 0.197. The molecule has 0 aliphatic carbocycles. The lowest BCUT2D eigenvalue weighted by atomic mass is 9.98. The predicted octanol–water partition coefficient (Wildman–Crippen LogP) is 1.89. The van der Waals surface area contributed by atoms with Crippen molar-refractivity contribution in [3.05, 3.63) is 52.9 Å². The summed E-state index contributed by atoms with van der Waals surface area (Å²) < 4.78 is 28.9. The van der Waals surface area contributed by atoms with Gasteiger partial charge in [0.05, 0.1) is 17.8 Å². The Morgan fingerprint density at radius 3 is 2.68 bits per heavy atom. The first-order valence-electron chi connectivity index (χ1n) is 5.64. The van der Waals surface area contributed by atoms with Crippen molar-refractivity contribution in [1.29, 1.82) is 0 Å². The molecule has 0 saturated heterocycles. The number of ketones is 1. The molecular formula is C13H13F2N3O. The molecule has 0 amide bonds. The minimum Gasteiger partial charge on any atom is -0.317 e. The molecule has 2 N–H and O–H groups in total. The molecule has 0 radical (unpaired) electrons. The maximum Gasteiger partial charge on any atom is 0.190 e. The number of nitrogens with zero attached hydrogens (tertiary/aromatic N) is 2. The van der Waals surface area contributed by atoms with Crippen molar-refractivity contribution in [3.8, 4) is 0 Å². The van der Waals surface area contributed by atoms with Crippen LogP contribution < -0.4 is 5.73 Å². The lowest BCUT2D eigenvalue weighted by Gasteiger charge is -2.11. The maximum absolute atomic E-state index is 13.9. The number of carbonyl (C=O) groups excluding carboxylic acids is 1. The fourth-order valence-corrected chi connectivity index (χ4v) is 1.79. The number of nitrogens with two attached hydrogens (primary N) is 1. The Balaban J connectivity index is 2.42. The first kappa shape index (κ1) is 13.4. The van der Waals surface area contributed by atoms with Crippen LogP contribution in [0.25, 0.3) is 0 Å². The molecule has 0 fully saturated rings. The highest BCUT2D eigenvalue weighted by Crippen LogP contribution is 2.22. The molecule has 1 heterocycles. The van der Waals surface area contributed by atoms with Gasteiger partial charge < -0.3 is 5.73 Å². The summed E-state index contributed by atoms with van der Waals surface area (Å²) in [7, 11) is 1.66. The van der Waals surface area contributed by atoms with E-state index in [0.29, 0.717) is 5.56 Å². The summed E-state index contributed by atoms with van der Waals surface area (Å²) in [6.45, 7) is 1.46. The van der Waals surface area contributed by atoms with Gasteiger partial charge in [-0.1, -0.05) is 6.07 Å². The van der Waals surface area contributed by atoms with Crippen molar-refractivity contribution in [3.63, 3.8) is 0 Å². The minimum atomic E-state index is -1.14. The van der Waals surface area contributed by atoms with E-state index in [1.165, 1.54) is 30.1 Å². The highest BCUT2D eigenvalue weighted by molar-refractivity contribution is 6.01. The Hall–Kier alpha value is -2.08. The molecule has 0 aliphatic rings. The molecule has 0 spiro atoms. The average Bonchev–Trinajstić information content (AvgIpc) is 2.80. The van der Waals surface area contributed by atoms with E-state index in [2.05, 4.69) is 5.10 Å². The van der Waals surface area contributed by atoms with Crippen LogP contribution in [-0.4, -0.2) is 15.6 Å². The van der Waals surface area contributed by atoms with E-state index < -0.39 is 29.0 Å². The highest BCUT2D eigenvalue weighted by atomic mass is 19.1. The van der Waals surface area contributed by atoms with E-state index in [1.807, 2.05) is 0 Å². The molecule has 100 valence electrons. The van der Waals surface area contributed by atoms with E-state index in [-0.39, 0.29) is 5.56 Å². The third kappa shape index (κ3) is 2.39. The number of halogens is 2. The van der Waals surface area contributed by atoms with Crippen LogP contribution >= 0.6 is 0 Å². The van der Waals surface area contributed by atoms with Crippen LogP contribution in [0.4, 0.5) is 8.78 Å². The molecule has 0 aliphatic heterocycles. The summed E-state index contributed by atoms with van der Waals surface area (Å²) in [5, 5.41) is 3.87. The van der Waals surface area contributed by atoms with Crippen LogP contribution in [-0.2, 0) is 7.05 Å². The largest absolute Gasteiger partial charge is 0.317 e. The Labute approximate surface area is 108 Å². The Kier molecular flexibility index (Phi) is 3.44. The number of aryl methyl sites for hydroxylation is 2. The van der Waals surface area contributed by atoms with E-state index >= 15 is 0 Å². The second-order valence-electron chi connectivity index (χ2n) is 4.34. The van der Waals surface area contributed by atoms with Crippen LogP contribution in [0.15, 0.2) is 24.5 Å². The molecule has 19 heavy (non-hydrogen) atoms. The Morgan fingerprint density at radius 1 is 1.42 bits per heavy atom. The van der Waals surface area contributed by atoms with E-state index in [4.69, 9.17) is 5.73 Å². The van der Waals surface area contributed by atoms with Crippen LogP contribution in [0.2, 0.25) is 0 Å².